The topological polar surface area (TPSA) is 72.1 Å². The van der Waals surface area contributed by atoms with E-state index in [1.807, 2.05) is 18.2 Å². The van der Waals surface area contributed by atoms with Crippen molar-refractivity contribution in [2.24, 2.45) is 0 Å². The number of benzene rings is 1. The van der Waals surface area contributed by atoms with E-state index in [0.717, 1.165) is 31.4 Å². The minimum absolute atomic E-state index is 0.169. The molecule has 3 heterocycles. The number of nitrogens with zero attached hydrogens (tertiary/aromatic N) is 4. The summed E-state index contributed by atoms with van der Waals surface area (Å²) in [6.45, 7) is 3.04. The van der Waals surface area contributed by atoms with Crippen molar-refractivity contribution >= 4 is 5.91 Å². The Balaban J connectivity index is 1.40. The number of carbonyl (C=O) groups is 1. The normalized spacial score (nSPS) is 17.4. The van der Waals surface area contributed by atoms with Gasteiger partial charge in [0, 0.05) is 49.3 Å². The molecule has 0 unspecified atom stereocenters. The van der Waals surface area contributed by atoms with Crippen molar-refractivity contribution in [3.63, 3.8) is 0 Å². The zero-order valence-electron chi connectivity index (χ0n) is 16.7. The van der Waals surface area contributed by atoms with E-state index in [9.17, 15) is 4.79 Å². The summed E-state index contributed by atoms with van der Waals surface area (Å²) in [5.74, 6) is 1.55. The molecule has 0 radical (unpaired) electrons. The average Bonchev–Trinajstić information content (AvgIpc) is 3.44. The summed E-state index contributed by atoms with van der Waals surface area (Å²) in [6.07, 6.45) is 7.39. The fourth-order valence-corrected chi connectivity index (χ4v) is 4.28. The maximum Gasteiger partial charge on any atom is 0.227 e. The van der Waals surface area contributed by atoms with Gasteiger partial charge in [0.25, 0.3) is 0 Å². The van der Waals surface area contributed by atoms with Gasteiger partial charge in [0.15, 0.2) is 0 Å². The van der Waals surface area contributed by atoms with E-state index < -0.39 is 0 Å². The summed E-state index contributed by atoms with van der Waals surface area (Å²) < 4.78 is 5.34. The van der Waals surface area contributed by atoms with Crippen molar-refractivity contribution < 1.29 is 9.32 Å². The van der Waals surface area contributed by atoms with E-state index in [1.54, 1.807) is 12.4 Å². The Morgan fingerprint density at radius 2 is 2.10 bits per heavy atom. The molecule has 1 aliphatic heterocycles. The smallest absolute Gasteiger partial charge is 0.227 e. The van der Waals surface area contributed by atoms with Gasteiger partial charge < -0.3 is 9.42 Å². The van der Waals surface area contributed by atoms with Gasteiger partial charge in [0.2, 0.25) is 17.6 Å². The predicted molar refractivity (Wildman–Crippen MR) is 110 cm³/mol. The van der Waals surface area contributed by atoms with E-state index in [2.05, 4.69) is 51.2 Å². The van der Waals surface area contributed by atoms with Crippen LogP contribution in [0.3, 0.4) is 0 Å². The molecule has 3 aromatic rings. The molecule has 0 bridgehead atoms. The molecule has 0 spiro atoms. The summed E-state index contributed by atoms with van der Waals surface area (Å²) in [4.78, 5) is 23.5. The van der Waals surface area contributed by atoms with Crippen LogP contribution in [0.4, 0.5) is 0 Å². The molecule has 1 saturated heterocycles. The Morgan fingerprint density at radius 1 is 1.24 bits per heavy atom. The van der Waals surface area contributed by atoms with E-state index in [-0.39, 0.29) is 11.9 Å². The fourth-order valence-electron chi connectivity index (χ4n) is 4.28. The molecule has 2 atom stereocenters. The Bertz CT molecular complexity index is 926. The lowest BCUT2D eigenvalue weighted by Crippen LogP contribution is -2.39. The Labute approximate surface area is 171 Å². The van der Waals surface area contributed by atoms with Crippen LogP contribution in [0.15, 0.2) is 59.4 Å². The Hall–Kier alpha value is -3.02. The number of carbonyl (C=O) groups excluding carboxylic acids is 1. The largest absolute Gasteiger partial charge is 0.339 e. The summed E-state index contributed by atoms with van der Waals surface area (Å²) in [5.41, 5.74) is 2.12. The third kappa shape index (κ3) is 4.36. The van der Waals surface area contributed by atoms with E-state index in [4.69, 9.17) is 4.52 Å². The second kappa shape index (κ2) is 8.99. The van der Waals surface area contributed by atoms with Crippen LogP contribution in [0.1, 0.15) is 50.0 Å². The number of rotatable bonds is 7. The first kappa shape index (κ1) is 19.3. The molecule has 6 nitrogen and oxygen atoms in total. The van der Waals surface area contributed by atoms with Gasteiger partial charge in [-0.25, -0.2) is 0 Å². The quantitative estimate of drug-likeness (QED) is 0.603. The molecule has 1 amide bonds. The Kier molecular flexibility index (Phi) is 5.98. The van der Waals surface area contributed by atoms with Crippen molar-refractivity contribution in [3.8, 4) is 11.4 Å². The summed E-state index contributed by atoms with van der Waals surface area (Å²) in [7, 11) is 0. The van der Waals surface area contributed by atoms with E-state index in [0.29, 0.717) is 30.5 Å². The minimum Gasteiger partial charge on any atom is -0.339 e. The lowest BCUT2D eigenvalue weighted by molar-refractivity contribution is -0.132. The second-order valence-corrected chi connectivity index (χ2v) is 7.48. The zero-order valence-corrected chi connectivity index (χ0v) is 16.7. The lowest BCUT2D eigenvalue weighted by Gasteiger charge is -2.31. The molecule has 0 saturated carbocycles. The maximum atomic E-state index is 13.0. The summed E-state index contributed by atoms with van der Waals surface area (Å²) in [6, 6.07) is 14.5. The van der Waals surface area contributed by atoms with E-state index in [1.165, 1.54) is 5.56 Å². The molecule has 1 fully saturated rings. The monoisotopic (exact) mass is 390 g/mol. The fraction of sp³-hybridized carbons (Fsp3) is 0.391. The van der Waals surface area contributed by atoms with Crippen LogP contribution in [0, 0.1) is 0 Å². The predicted octanol–water partition coefficient (Wildman–Crippen LogP) is 4.25. The molecule has 0 aliphatic carbocycles. The van der Waals surface area contributed by atoms with Gasteiger partial charge in [-0.3, -0.25) is 9.78 Å². The average molecular weight is 390 g/mol. The number of aryl methyl sites for hydroxylation is 1. The van der Waals surface area contributed by atoms with Crippen LogP contribution in [0.25, 0.3) is 11.4 Å². The first-order valence-electron chi connectivity index (χ1n) is 10.3. The molecule has 0 N–H and O–H groups in total. The van der Waals surface area contributed by atoms with Crippen LogP contribution < -0.4 is 0 Å². The highest BCUT2D eigenvalue weighted by molar-refractivity contribution is 5.77. The molecular weight excluding hydrogens is 364 g/mol. The standard InChI is InChI=1S/C23H26N4O2/c1-2-19(17-8-4-3-5-9-17)20-11-7-15-27(20)22(28)13-12-21-25-23(26-29-21)18-10-6-14-24-16-18/h3-6,8-10,14,16,19-20H,2,7,11-13,15H2,1H3/t19-,20-/m1/s1. The Morgan fingerprint density at radius 3 is 2.86 bits per heavy atom. The zero-order chi connectivity index (χ0) is 20.1. The van der Waals surface area contributed by atoms with Crippen molar-refractivity contribution in [3.05, 3.63) is 66.3 Å². The first-order valence-corrected chi connectivity index (χ1v) is 10.3. The van der Waals surface area contributed by atoms with Crippen LogP contribution in [-0.2, 0) is 11.2 Å². The summed E-state index contributed by atoms with van der Waals surface area (Å²) >= 11 is 0. The van der Waals surface area contributed by atoms with Crippen LogP contribution >= 0.6 is 0 Å². The molecule has 6 heteroatoms. The van der Waals surface area contributed by atoms with Crippen molar-refractivity contribution in [2.45, 2.75) is 51.0 Å². The number of amides is 1. The molecule has 29 heavy (non-hydrogen) atoms. The molecule has 2 aromatic heterocycles. The number of hydrogen-bond acceptors (Lipinski definition) is 5. The molecular formula is C23H26N4O2. The van der Waals surface area contributed by atoms with Gasteiger partial charge in [-0.15, -0.1) is 0 Å². The summed E-state index contributed by atoms with van der Waals surface area (Å²) in [5, 5.41) is 4.01. The van der Waals surface area contributed by atoms with Crippen molar-refractivity contribution in [1.29, 1.82) is 0 Å². The second-order valence-electron chi connectivity index (χ2n) is 7.48. The third-order valence-electron chi connectivity index (χ3n) is 5.69. The van der Waals surface area contributed by atoms with Crippen LogP contribution in [0.2, 0.25) is 0 Å². The van der Waals surface area contributed by atoms with Gasteiger partial charge >= 0.3 is 0 Å². The van der Waals surface area contributed by atoms with Gasteiger partial charge in [-0.05, 0) is 37.0 Å². The van der Waals surface area contributed by atoms with Gasteiger partial charge in [-0.1, -0.05) is 42.4 Å². The van der Waals surface area contributed by atoms with Crippen LogP contribution in [0.5, 0.6) is 0 Å². The SMILES string of the molecule is CC[C@H](c1ccccc1)[C@H]1CCCN1C(=O)CCc1nc(-c2cccnc2)no1. The van der Waals surface area contributed by atoms with Crippen molar-refractivity contribution in [1.82, 2.24) is 20.0 Å². The number of pyridine rings is 1. The molecule has 4 rings (SSSR count). The highest BCUT2D eigenvalue weighted by Gasteiger charge is 2.34. The molecule has 150 valence electrons. The third-order valence-corrected chi connectivity index (χ3v) is 5.69. The van der Waals surface area contributed by atoms with Gasteiger partial charge in [-0.2, -0.15) is 4.98 Å². The maximum absolute atomic E-state index is 13.0. The highest BCUT2D eigenvalue weighted by Crippen LogP contribution is 2.34. The van der Waals surface area contributed by atoms with Crippen LogP contribution in [-0.4, -0.2) is 38.5 Å². The van der Waals surface area contributed by atoms with Crippen molar-refractivity contribution in [2.75, 3.05) is 6.54 Å². The van der Waals surface area contributed by atoms with Gasteiger partial charge in [0.05, 0.1) is 0 Å². The highest BCUT2D eigenvalue weighted by atomic mass is 16.5. The number of likely N-dealkylation sites (tertiary alicyclic amines) is 1. The number of hydrogen-bond donors (Lipinski definition) is 0. The van der Waals surface area contributed by atoms with E-state index >= 15 is 0 Å². The minimum atomic E-state index is 0.169. The number of aromatic nitrogens is 3. The molecule has 1 aliphatic rings. The molecule has 1 aromatic carbocycles. The van der Waals surface area contributed by atoms with Gasteiger partial charge in [0.1, 0.15) is 0 Å². The first-order chi connectivity index (χ1) is 14.3. The lowest BCUT2D eigenvalue weighted by atomic mass is 9.87.